The third kappa shape index (κ3) is 4.77. The van der Waals surface area contributed by atoms with E-state index in [0.29, 0.717) is 15.6 Å². The summed E-state index contributed by atoms with van der Waals surface area (Å²) in [7, 11) is 0. The van der Waals surface area contributed by atoms with Crippen LogP contribution in [0.2, 0.25) is 10.0 Å². The van der Waals surface area contributed by atoms with Crippen molar-refractivity contribution in [3.05, 3.63) is 64.1 Å². The van der Waals surface area contributed by atoms with Gasteiger partial charge in [-0.15, -0.1) is 11.8 Å². The summed E-state index contributed by atoms with van der Waals surface area (Å²) < 4.78 is 0. The van der Waals surface area contributed by atoms with Crippen LogP contribution in [0.1, 0.15) is 12.5 Å². The molecule has 0 saturated heterocycles. The Morgan fingerprint density at radius 3 is 2.41 bits per heavy atom. The van der Waals surface area contributed by atoms with E-state index < -0.39 is 0 Å². The lowest BCUT2D eigenvalue weighted by Crippen LogP contribution is -2.26. The number of nitrogens with one attached hydrogen (secondary N) is 1. The fourth-order valence-corrected chi connectivity index (χ4v) is 3.02. The Hall–Kier alpha value is -1.49. The van der Waals surface area contributed by atoms with Gasteiger partial charge in [0.05, 0.1) is 21.5 Å². The maximum Gasteiger partial charge on any atom is 0.253 e. The summed E-state index contributed by atoms with van der Waals surface area (Å²) >= 11 is 13.5. The largest absolute Gasteiger partial charge is 0.272 e. The van der Waals surface area contributed by atoms with Gasteiger partial charge in [0.15, 0.2) is 0 Å². The van der Waals surface area contributed by atoms with E-state index in [1.54, 1.807) is 18.2 Å². The van der Waals surface area contributed by atoms with Crippen molar-refractivity contribution in [3.63, 3.8) is 0 Å². The highest BCUT2D eigenvalue weighted by atomic mass is 35.5. The van der Waals surface area contributed by atoms with Crippen LogP contribution in [0.15, 0.2) is 58.5 Å². The van der Waals surface area contributed by atoms with Gasteiger partial charge in [0, 0.05) is 10.5 Å². The van der Waals surface area contributed by atoms with Gasteiger partial charge >= 0.3 is 0 Å². The Morgan fingerprint density at radius 2 is 1.77 bits per heavy atom. The Labute approximate surface area is 143 Å². The zero-order valence-electron chi connectivity index (χ0n) is 11.8. The molecule has 0 aliphatic rings. The van der Waals surface area contributed by atoms with Crippen molar-refractivity contribution >= 4 is 47.1 Å². The van der Waals surface area contributed by atoms with Crippen LogP contribution in [0.4, 0.5) is 0 Å². The van der Waals surface area contributed by atoms with Crippen LogP contribution in [0.5, 0.6) is 0 Å². The summed E-state index contributed by atoms with van der Waals surface area (Å²) in [5.41, 5.74) is 3.08. The molecule has 1 amide bonds. The first-order valence-electron chi connectivity index (χ1n) is 6.56. The summed E-state index contributed by atoms with van der Waals surface area (Å²) in [6, 6.07) is 14.9. The smallest absolute Gasteiger partial charge is 0.253 e. The molecule has 0 radical (unpaired) electrons. The number of hydrazone groups is 1. The summed E-state index contributed by atoms with van der Waals surface area (Å²) in [6.45, 7) is 1.82. The molecule has 0 heterocycles. The van der Waals surface area contributed by atoms with Crippen LogP contribution in [0, 0.1) is 0 Å². The first-order chi connectivity index (χ1) is 10.6. The second-order valence-corrected chi connectivity index (χ2v) is 6.67. The van der Waals surface area contributed by atoms with Gasteiger partial charge in [-0.2, -0.15) is 5.10 Å². The van der Waals surface area contributed by atoms with Crippen molar-refractivity contribution in [1.29, 1.82) is 0 Å². The van der Waals surface area contributed by atoms with Crippen molar-refractivity contribution in [3.8, 4) is 0 Å². The third-order valence-electron chi connectivity index (χ3n) is 2.79. The van der Waals surface area contributed by atoms with Crippen LogP contribution in [-0.2, 0) is 4.79 Å². The standard InChI is InChI=1S/C16H14Cl2N2OS/c1-11(22-12-6-3-2-4-7-12)16(21)20-19-10-13-14(17)8-5-9-15(13)18/h2-11H,1H3,(H,20,21)/b19-10-/t11-/m1/s1. The highest BCUT2D eigenvalue weighted by Crippen LogP contribution is 2.23. The maximum atomic E-state index is 12.0. The molecule has 0 aromatic heterocycles. The van der Waals surface area contributed by atoms with E-state index in [-0.39, 0.29) is 11.2 Å². The lowest BCUT2D eigenvalue weighted by molar-refractivity contribution is -0.120. The SMILES string of the molecule is C[C@@H](Sc1ccccc1)C(=O)N/N=C\c1c(Cl)cccc1Cl. The second kappa shape index (κ2) is 8.22. The fraction of sp³-hybridized carbons (Fsp3) is 0.125. The van der Waals surface area contributed by atoms with Crippen LogP contribution in [-0.4, -0.2) is 17.4 Å². The highest BCUT2D eigenvalue weighted by Gasteiger charge is 2.13. The fourth-order valence-electron chi connectivity index (χ4n) is 1.64. The van der Waals surface area contributed by atoms with Crippen molar-refractivity contribution < 1.29 is 4.79 Å². The number of carbonyl (C=O) groups is 1. The maximum absolute atomic E-state index is 12.0. The number of thioether (sulfide) groups is 1. The molecule has 6 heteroatoms. The van der Waals surface area contributed by atoms with E-state index in [0.717, 1.165) is 4.90 Å². The number of nitrogens with zero attached hydrogens (tertiary/aromatic N) is 1. The number of halogens is 2. The molecule has 0 aliphatic heterocycles. The van der Waals surface area contributed by atoms with Crippen LogP contribution in [0.3, 0.4) is 0 Å². The highest BCUT2D eigenvalue weighted by molar-refractivity contribution is 8.00. The first kappa shape index (κ1) is 16.9. The van der Waals surface area contributed by atoms with E-state index in [1.165, 1.54) is 18.0 Å². The van der Waals surface area contributed by atoms with Crippen molar-refractivity contribution in [2.45, 2.75) is 17.1 Å². The Kier molecular flexibility index (Phi) is 6.31. The zero-order chi connectivity index (χ0) is 15.9. The van der Waals surface area contributed by atoms with E-state index >= 15 is 0 Å². The molecule has 1 atom stereocenters. The predicted molar refractivity (Wildman–Crippen MR) is 94.0 cm³/mol. The molecule has 3 nitrogen and oxygen atoms in total. The molecule has 2 aromatic carbocycles. The molecule has 0 unspecified atom stereocenters. The number of hydrogen-bond donors (Lipinski definition) is 1. The number of hydrogen-bond acceptors (Lipinski definition) is 3. The summed E-state index contributed by atoms with van der Waals surface area (Å²) in [5.74, 6) is -0.187. The molecular weight excluding hydrogens is 339 g/mol. The average Bonchev–Trinajstić information content (AvgIpc) is 2.51. The van der Waals surface area contributed by atoms with Gasteiger partial charge in [0.25, 0.3) is 5.91 Å². The van der Waals surface area contributed by atoms with Gasteiger partial charge in [0.1, 0.15) is 0 Å². The molecule has 1 N–H and O–H groups in total. The van der Waals surface area contributed by atoms with Gasteiger partial charge < -0.3 is 0 Å². The number of rotatable bonds is 5. The second-order valence-electron chi connectivity index (χ2n) is 4.44. The first-order valence-corrected chi connectivity index (χ1v) is 8.20. The van der Waals surface area contributed by atoms with Gasteiger partial charge in [0.2, 0.25) is 0 Å². The molecule has 0 saturated carbocycles. The van der Waals surface area contributed by atoms with Crippen LogP contribution in [0.25, 0.3) is 0 Å². The van der Waals surface area contributed by atoms with Crippen molar-refractivity contribution in [2.75, 3.05) is 0 Å². The van der Waals surface area contributed by atoms with Crippen LogP contribution >= 0.6 is 35.0 Å². The quantitative estimate of drug-likeness (QED) is 0.484. The molecule has 0 aliphatic carbocycles. The molecule has 2 rings (SSSR count). The minimum Gasteiger partial charge on any atom is -0.272 e. The normalized spacial score (nSPS) is 12.3. The van der Waals surface area contributed by atoms with E-state index in [2.05, 4.69) is 10.5 Å². The monoisotopic (exact) mass is 352 g/mol. The average molecular weight is 353 g/mol. The van der Waals surface area contributed by atoms with E-state index in [1.807, 2.05) is 37.3 Å². The predicted octanol–water partition coefficient (Wildman–Crippen LogP) is 4.62. The third-order valence-corrected chi connectivity index (χ3v) is 4.56. The number of benzene rings is 2. The number of carbonyl (C=O) groups excluding carboxylic acids is 1. The Bertz CT molecular complexity index is 657. The molecule has 22 heavy (non-hydrogen) atoms. The van der Waals surface area contributed by atoms with Crippen molar-refractivity contribution in [2.24, 2.45) is 5.10 Å². The molecule has 0 spiro atoms. The summed E-state index contributed by atoms with van der Waals surface area (Å²) in [5, 5.41) is 4.62. The Balaban J connectivity index is 1.93. The summed E-state index contributed by atoms with van der Waals surface area (Å²) in [4.78, 5) is 13.0. The van der Waals surface area contributed by atoms with Gasteiger partial charge in [-0.25, -0.2) is 5.43 Å². The number of amides is 1. The van der Waals surface area contributed by atoms with Gasteiger partial charge in [-0.3, -0.25) is 4.79 Å². The molecule has 0 bridgehead atoms. The lowest BCUT2D eigenvalue weighted by Gasteiger charge is -2.09. The molecule has 0 fully saturated rings. The van der Waals surface area contributed by atoms with Crippen molar-refractivity contribution in [1.82, 2.24) is 5.43 Å². The minimum absolute atomic E-state index is 0.187. The summed E-state index contributed by atoms with van der Waals surface area (Å²) in [6.07, 6.45) is 1.45. The van der Waals surface area contributed by atoms with Crippen LogP contribution < -0.4 is 5.43 Å². The van der Waals surface area contributed by atoms with Gasteiger partial charge in [-0.1, -0.05) is 47.5 Å². The Morgan fingerprint density at radius 1 is 1.14 bits per heavy atom. The minimum atomic E-state index is -0.263. The lowest BCUT2D eigenvalue weighted by atomic mass is 10.2. The topological polar surface area (TPSA) is 41.5 Å². The molecule has 2 aromatic rings. The zero-order valence-corrected chi connectivity index (χ0v) is 14.1. The van der Waals surface area contributed by atoms with E-state index in [9.17, 15) is 4.79 Å². The van der Waals surface area contributed by atoms with Gasteiger partial charge in [-0.05, 0) is 31.2 Å². The van der Waals surface area contributed by atoms with E-state index in [4.69, 9.17) is 23.2 Å². The molecular formula is C16H14Cl2N2OS. The molecule has 114 valence electrons.